The van der Waals surface area contributed by atoms with E-state index < -0.39 is 10.0 Å². The van der Waals surface area contributed by atoms with Crippen LogP contribution in [-0.2, 0) is 22.9 Å². The lowest BCUT2D eigenvalue weighted by atomic mass is 9.92. The molecule has 2 aliphatic rings. The molecule has 4 rings (SSSR count). The number of ether oxygens (including phenoxy) is 3. The summed E-state index contributed by atoms with van der Waals surface area (Å²) in [6.07, 6.45) is 4.06. The van der Waals surface area contributed by atoms with Gasteiger partial charge in [0.15, 0.2) is 11.5 Å². The fraction of sp³-hybridized carbons (Fsp3) is 0.368. The van der Waals surface area contributed by atoms with E-state index in [2.05, 4.69) is 4.72 Å². The Morgan fingerprint density at radius 2 is 1.65 bits per heavy atom. The number of fused-ring (bicyclic) bond motifs is 2. The molecule has 1 aliphatic carbocycles. The van der Waals surface area contributed by atoms with Crippen molar-refractivity contribution < 1.29 is 22.6 Å². The van der Waals surface area contributed by atoms with Gasteiger partial charge in [0, 0.05) is 6.07 Å². The lowest BCUT2D eigenvalue weighted by molar-refractivity contribution is 0.171. The Morgan fingerprint density at radius 1 is 0.962 bits per heavy atom. The van der Waals surface area contributed by atoms with E-state index in [1.165, 1.54) is 12.7 Å². The summed E-state index contributed by atoms with van der Waals surface area (Å²) in [7, 11) is -2.29. The summed E-state index contributed by atoms with van der Waals surface area (Å²) in [5, 5.41) is 0. The molecule has 0 amide bonds. The molecule has 0 bridgehead atoms. The second-order valence-electron chi connectivity index (χ2n) is 6.44. The standard InChI is InChI=1S/C19H21NO5S/c1-23-18-10-13-4-2-3-5-14(13)11-19(18)26(21,22)20-15-6-7-16-17(12-15)25-9-8-24-16/h6-7,10-12,20H,2-5,8-9H2,1H3. The topological polar surface area (TPSA) is 73.9 Å². The van der Waals surface area contributed by atoms with Crippen LogP contribution in [0.25, 0.3) is 0 Å². The first-order valence-electron chi connectivity index (χ1n) is 8.69. The van der Waals surface area contributed by atoms with Crippen molar-refractivity contribution in [3.05, 3.63) is 41.5 Å². The normalized spacial score (nSPS) is 15.9. The van der Waals surface area contributed by atoms with Gasteiger partial charge in [-0.3, -0.25) is 4.72 Å². The summed E-state index contributed by atoms with van der Waals surface area (Å²) >= 11 is 0. The van der Waals surface area contributed by atoms with Gasteiger partial charge in [-0.15, -0.1) is 0 Å². The molecule has 0 spiro atoms. The van der Waals surface area contributed by atoms with Crippen molar-refractivity contribution in [1.82, 2.24) is 0 Å². The van der Waals surface area contributed by atoms with Gasteiger partial charge in [-0.05, 0) is 61.1 Å². The minimum absolute atomic E-state index is 0.163. The number of anilines is 1. The predicted octanol–water partition coefficient (Wildman–Crippen LogP) is 3.15. The van der Waals surface area contributed by atoms with E-state index >= 15 is 0 Å². The van der Waals surface area contributed by atoms with Crippen LogP contribution in [0.1, 0.15) is 24.0 Å². The Morgan fingerprint density at radius 3 is 2.38 bits per heavy atom. The average Bonchev–Trinajstić information content (AvgIpc) is 2.66. The lowest BCUT2D eigenvalue weighted by Crippen LogP contribution is -2.17. The van der Waals surface area contributed by atoms with Crippen LogP contribution >= 0.6 is 0 Å². The zero-order valence-corrected chi connectivity index (χ0v) is 15.4. The zero-order valence-electron chi connectivity index (χ0n) is 14.6. The van der Waals surface area contributed by atoms with Crippen molar-refractivity contribution in [2.24, 2.45) is 0 Å². The zero-order chi connectivity index (χ0) is 18.1. The number of rotatable bonds is 4. The molecule has 0 atom stereocenters. The molecule has 1 heterocycles. The molecule has 6 nitrogen and oxygen atoms in total. The number of sulfonamides is 1. The molecule has 0 radical (unpaired) electrons. The molecule has 1 N–H and O–H groups in total. The molecular formula is C19H21NO5S. The number of benzene rings is 2. The summed E-state index contributed by atoms with van der Waals surface area (Å²) in [6, 6.07) is 8.60. The summed E-state index contributed by atoms with van der Waals surface area (Å²) < 4.78 is 44.9. The van der Waals surface area contributed by atoms with Crippen LogP contribution in [0.3, 0.4) is 0 Å². The van der Waals surface area contributed by atoms with E-state index in [4.69, 9.17) is 14.2 Å². The van der Waals surface area contributed by atoms with Crippen molar-refractivity contribution >= 4 is 15.7 Å². The third-order valence-electron chi connectivity index (χ3n) is 4.71. The average molecular weight is 375 g/mol. The number of hydrogen-bond acceptors (Lipinski definition) is 5. The van der Waals surface area contributed by atoms with Crippen LogP contribution in [0.5, 0.6) is 17.2 Å². The highest BCUT2D eigenvalue weighted by Gasteiger charge is 2.24. The predicted molar refractivity (Wildman–Crippen MR) is 97.9 cm³/mol. The van der Waals surface area contributed by atoms with Gasteiger partial charge in [-0.2, -0.15) is 0 Å². The highest BCUT2D eigenvalue weighted by atomic mass is 32.2. The van der Waals surface area contributed by atoms with E-state index in [1.807, 2.05) is 6.07 Å². The minimum atomic E-state index is -3.79. The summed E-state index contributed by atoms with van der Waals surface area (Å²) in [6.45, 7) is 0.937. The van der Waals surface area contributed by atoms with Crippen molar-refractivity contribution in [2.75, 3.05) is 25.0 Å². The van der Waals surface area contributed by atoms with E-state index in [9.17, 15) is 8.42 Å². The van der Waals surface area contributed by atoms with Gasteiger partial charge in [-0.25, -0.2) is 8.42 Å². The molecule has 2 aromatic rings. The molecule has 2 aromatic carbocycles. The van der Waals surface area contributed by atoms with Gasteiger partial charge in [-0.1, -0.05) is 0 Å². The molecule has 26 heavy (non-hydrogen) atoms. The maximum absolute atomic E-state index is 13.0. The Balaban J connectivity index is 1.68. The highest BCUT2D eigenvalue weighted by Crippen LogP contribution is 2.35. The van der Waals surface area contributed by atoms with Crippen molar-refractivity contribution in [3.63, 3.8) is 0 Å². The number of nitrogens with one attached hydrogen (secondary N) is 1. The van der Waals surface area contributed by atoms with Gasteiger partial charge < -0.3 is 14.2 Å². The second kappa shape index (κ2) is 6.72. The molecule has 0 saturated heterocycles. The molecular weight excluding hydrogens is 354 g/mol. The molecule has 7 heteroatoms. The first kappa shape index (κ1) is 17.0. The first-order chi connectivity index (χ1) is 12.6. The minimum Gasteiger partial charge on any atom is -0.495 e. The van der Waals surface area contributed by atoms with Gasteiger partial charge in [0.1, 0.15) is 23.9 Å². The largest absolute Gasteiger partial charge is 0.495 e. The van der Waals surface area contributed by atoms with E-state index in [0.717, 1.165) is 31.2 Å². The quantitative estimate of drug-likeness (QED) is 0.889. The Bertz CT molecular complexity index is 939. The third-order valence-corrected chi connectivity index (χ3v) is 6.11. The van der Waals surface area contributed by atoms with Crippen molar-refractivity contribution in [2.45, 2.75) is 30.6 Å². The Labute approximate surface area is 153 Å². The van der Waals surface area contributed by atoms with Gasteiger partial charge >= 0.3 is 0 Å². The monoisotopic (exact) mass is 375 g/mol. The lowest BCUT2D eigenvalue weighted by Gasteiger charge is -2.21. The molecule has 0 unspecified atom stereocenters. The van der Waals surface area contributed by atoms with Crippen LogP contribution in [0, 0.1) is 0 Å². The molecule has 0 saturated carbocycles. The number of methoxy groups -OCH3 is 1. The third kappa shape index (κ3) is 3.19. The maximum Gasteiger partial charge on any atom is 0.265 e. The summed E-state index contributed by atoms with van der Waals surface area (Å²) in [5.41, 5.74) is 2.68. The van der Waals surface area contributed by atoms with Gasteiger partial charge in [0.05, 0.1) is 12.8 Å². The number of aryl methyl sites for hydroxylation is 2. The maximum atomic E-state index is 13.0. The summed E-state index contributed by atoms with van der Waals surface area (Å²) in [5.74, 6) is 1.52. The van der Waals surface area contributed by atoms with E-state index in [1.54, 1.807) is 24.3 Å². The molecule has 0 aromatic heterocycles. The molecule has 138 valence electrons. The van der Waals surface area contributed by atoms with Crippen LogP contribution in [-0.4, -0.2) is 28.7 Å². The fourth-order valence-corrected chi connectivity index (χ4v) is 4.68. The van der Waals surface area contributed by atoms with Crippen LogP contribution in [0.15, 0.2) is 35.2 Å². The fourth-order valence-electron chi connectivity index (χ4n) is 3.43. The van der Waals surface area contributed by atoms with Crippen LogP contribution < -0.4 is 18.9 Å². The van der Waals surface area contributed by atoms with Crippen LogP contribution in [0.4, 0.5) is 5.69 Å². The molecule has 0 fully saturated rings. The van der Waals surface area contributed by atoms with Crippen molar-refractivity contribution in [1.29, 1.82) is 0 Å². The van der Waals surface area contributed by atoms with Gasteiger partial charge in [0.25, 0.3) is 10.0 Å². The smallest absolute Gasteiger partial charge is 0.265 e. The van der Waals surface area contributed by atoms with Crippen LogP contribution in [0.2, 0.25) is 0 Å². The van der Waals surface area contributed by atoms with E-state index in [0.29, 0.717) is 36.1 Å². The summed E-state index contributed by atoms with van der Waals surface area (Å²) in [4.78, 5) is 0.163. The van der Waals surface area contributed by atoms with Gasteiger partial charge in [0.2, 0.25) is 0 Å². The Kier molecular flexibility index (Phi) is 4.40. The van der Waals surface area contributed by atoms with E-state index in [-0.39, 0.29) is 4.90 Å². The first-order valence-corrected chi connectivity index (χ1v) is 10.2. The highest BCUT2D eigenvalue weighted by molar-refractivity contribution is 7.92. The molecule has 1 aliphatic heterocycles. The SMILES string of the molecule is COc1cc2c(cc1S(=O)(=O)Nc1ccc3c(c1)OCCO3)CCCC2. The Hall–Kier alpha value is -2.41. The second-order valence-corrected chi connectivity index (χ2v) is 8.09. The number of hydrogen-bond donors (Lipinski definition) is 1. The van der Waals surface area contributed by atoms with Crippen molar-refractivity contribution in [3.8, 4) is 17.2 Å².